The first kappa shape index (κ1) is 17.4. The number of hydrogen-bond acceptors (Lipinski definition) is 3. The normalized spacial score (nSPS) is 10.5. The highest BCUT2D eigenvalue weighted by atomic mass is 16.5. The zero-order valence-corrected chi connectivity index (χ0v) is 14.2. The third kappa shape index (κ3) is 5.61. The van der Waals surface area contributed by atoms with Crippen molar-refractivity contribution in [1.82, 2.24) is 5.32 Å². The van der Waals surface area contributed by atoms with E-state index in [2.05, 4.69) is 42.6 Å². The molecule has 0 fully saturated rings. The molecule has 0 aliphatic carbocycles. The highest BCUT2D eigenvalue weighted by molar-refractivity contribution is 5.46. The van der Waals surface area contributed by atoms with E-state index in [4.69, 9.17) is 9.47 Å². The van der Waals surface area contributed by atoms with Crippen molar-refractivity contribution in [1.29, 1.82) is 0 Å². The fourth-order valence-corrected chi connectivity index (χ4v) is 2.49. The van der Waals surface area contributed by atoms with Crippen LogP contribution in [-0.4, -0.2) is 13.7 Å². The molecule has 0 radical (unpaired) electrons. The zero-order chi connectivity index (χ0) is 16.3. The van der Waals surface area contributed by atoms with E-state index < -0.39 is 0 Å². The van der Waals surface area contributed by atoms with Crippen molar-refractivity contribution in [2.45, 2.75) is 39.3 Å². The van der Waals surface area contributed by atoms with Gasteiger partial charge in [-0.3, -0.25) is 0 Å². The summed E-state index contributed by atoms with van der Waals surface area (Å²) in [6.45, 7) is 4.53. The summed E-state index contributed by atoms with van der Waals surface area (Å²) in [5.74, 6) is 1.67. The summed E-state index contributed by atoms with van der Waals surface area (Å²) in [7, 11) is 1.69. The average molecular weight is 313 g/mol. The molecule has 2 aromatic carbocycles. The Hall–Kier alpha value is -2.00. The fourth-order valence-electron chi connectivity index (χ4n) is 2.49. The largest absolute Gasteiger partial charge is 0.493 e. The average Bonchev–Trinajstić information content (AvgIpc) is 2.60. The lowest BCUT2D eigenvalue weighted by Crippen LogP contribution is -2.14. The maximum absolute atomic E-state index is 6.00. The second kappa shape index (κ2) is 9.90. The summed E-state index contributed by atoms with van der Waals surface area (Å²) < 4.78 is 11.5. The van der Waals surface area contributed by atoms with E-state index in [1.54, 1.807) is 7.11 Å². The van der Waals surface area contributed by atoms with Gasteiger partial charge < -0.3 is 14.8 Å². The predicted molar refractivity (Wildman–Crippen MR) is 95.0 cm³/mol. The van der Waals surface area contributed by atoms with E-state index in [9.17, 15) is 0 Å². The molecule has 0 aromatic heterocycles. The monoisotopic (exact) mass is 313 g/mol. The Morgan fingerprint density at radius 3 is 2.48 bits per heavy atom. The Bertz CT molecular complexity index is 569. The number of benzene rings is 2. The number of nitrogens with one attached hydrogen (secondary N) is 1. The van der Waals surface area contributed by atoms with Gasteiger partial charge in [-0.2, -0.15) is 0 Å². The lowest BCUT2D eigenvalue weighted by Gasteiger charge is -2.15. The van der Waals surface area contributed by atoms with Gasteiger partial charge in [0.15, 0.2) is 11.5 Å². The van der Waals surface area contributed by atoms with Crippen LogP contribution in [0.2, 0.25) is 0 Å². The number of hydrogen-bond donors (Lipinski definition) is 1. The summed E-state index contributed by atoms with van der Waals surface area (Å²) in [6, 6.07) is 16.5. The molecule has 0 spiro atoms. The molecular formula is C20H27NO2. The minimum Gasteiger partial charge on any atom is -0.493 e. The molecule has 2 rings (SSSR count). The molecule has 124 valence electrons. The lowest BCUT2D eigenvalue weighted by atomic mass is 10.1. The molecule has 3 nitrogen and oxygen atoms in total. The van der Waals surface area contributed by atoms with Crippen LogP contribution in [0.3, 0.4) is 0 Å². The Kier molecular flexibility index (Phi) is 7.47. The van der Waals surface area contributed by atoms with Crippen molar-refractivity contribution in [3.05, 3.63) is 59.7 Å². The molecular weight excluding hydrogens is 286 g/mol. The van der Waals surface area contributed by atoms with Gasteiger partial charge in [-0.15, -0.1) is 0 Å². The first-order valence-electron chi connectivity index (χ1n) is 8.38. The van der Waals surface area contributed by atoms with Crippen LogP contribution < -0.4 is 14.8 Å². The topological polar surface area (TPSA) is 30.5 Å². The SMILES string of the molecule is CCCCCOc1c(CNCc2ccccc2)cccc1OC. The number of ether oxygens (including phenoxy) is 2. The zero-order valence-electron chi connectivity index (χ0n) is 14.2. The number of para-hydroxylation sites is 1. The van der Waals surface area contributed by atoms with Gasteiger partial charge >= 0.3 is 0 Å². The summed E-state index contributed by atoms with van der Waals surface area (Å²) in [5.41, 5.74) is 2.41. The van der Waals surface area contributed by atoms with E-state index in [0.717, 1.165) is 43.2 Å². The van der Waals surface area contributed by atoms with Crippen molar-refractivity contribution in [2.24, 2.45) is 0 Å². The predicted octanol–water partition coefficient (Wildman–Crippen LogP) is 4.55. The fraction of sp³-hybridized carbons (Fsp3) is 0.400. The smallest absolute Gasteiger partial charge is 0.165 e. The molecule has 0 heterocycles. The minimum atomic E-state index is 0.736. The van der Waals surface area contributed by atoms with Gasteiger partial charge in [-0.05, 0) is 18.1 Å². The molecule has 0 unspecified atom stereocenters. The van der Waals surface area contributed by atoms with Crippen molar-refractivity contribution in [3.8, 4) is 11.5 Å². The number of rotatable bonds is 10. The van der Waals surface area contributed by atoms with E-state index in [0.29, 0.717) is 0 Å². The molecule has 2 aromatic rings. The van der Waals surface area contributed by atoms with Gasteiger partial charge in [-0.1, -0.05) is 62.2 Å². The van der Waals surface area contributed by atoms with Crippen LogP contribution >= 0.6 is 0 Å². The van der Waals surface area contributed by atoms with Crippen molar-refractivity contribution < 1.29 is 9.47 Å². The first-order valence-corrected chi connectivity index (χ1v) is 8.38. The van der Waals surface area contributed by atoms with Crippen molar-refractivity contribution >= 4 is 0 Å². The van der Waals surface area contributed by atoms with Crippen LogP contribution in [0.4, 0.5) is 0 Å². The van der Waals surface area contributed by atoms with Crippen LogP contribution in [0.15, 0.2) is 48.5 Å². The standard InChI is InChI=1S/C20H27NO2/c1-3-4-8-14-23-20-18(12-9-13-19(20)22-2)16-21-15-17-10-6-5-7-11-17/h5-7,9-13,21H,3-4,8,14-16H2,1-2H3. The molecule has 0 bridgehead atoms. The van der Waals surface area contributed by atoms with Crippen LogP contribution in [0, 0.1) is 0 Å². The maximum Gasteiger partial charge on any atom is 0.165 e. The Morgan fingerprint density at radius 1 is 0.913 bits per heavy atom. The van der Waals surface area contributed by atoms with Gasteiger partial charge in [0.1, 0.15) is 0 Å². The van der Waals surface area contributed by atoms with Crippen LogP contribution in [0.5, 0.6) is 11.5 Å². The van der Waals surface area contributed by atoms with Gasteiger partial charge in [0, 0.05) is 18.7 Å². The van der Waals surface area contributed by atoms with E-state index in [1.807, 2.05) is 18.2 Å². The van der Waals surface area contributed by atoms with Crippen molar-refractivity contribution in [2.75, 3.05) is 13.7 Å². The summed E-state index contributed by atoms with van der Waals surface area (Å²) in [6.07, 6.45) is 3.46. The second-order valence-electron chi connectivity index (χ2n) is 5.59. The highest BCUT2D eigenvalue weighted by Crippen LogP contribution is 2.31. The third-order valence-electron chi connectivity index (χ3n) is 3.76. The van der Waals surface area contributed by atoms with Gasteiger partial charge in [0.05, 0.1) is 13.7 Å². The van der Waals surface area contributed by atoms with Gasteiger partial charge in [0.25, 0.3) is 0 Å². The molecule has 3 heteroatoms. The quantitative estimate of drug-likeness (QED) is 0.653. The lowest BCUT2D eigenvalue weighted by molar-refractivity contribution is 0.282. The molecule has 0 aliphatic heterocycles. The van der Waals surface area contributed by atoms with Gasteiger partial charge in [-0.25, -0.2) is 0 Å². The maximum atomic E-state index is 6.00. The Labute approximate surface area is 139 Å². The number of unbranched alkanes of at least 4 members (excludes halogenated alkanes) is 2. The first-order chi connectivity index (χ1) is 11.3. The van der Waals surface area contributed by atoms with E-state index >= 15 is 0 Å². The Balaban J connectivity index is 1.96. The Morgan fingerprint density at radius 2 is 1.74 bits per heavy atom. The minimum absolute atomic E-state index is 0.736. The molecule has 0 saturated carbocycles. The molecule has 0 saturated heterocycles. The molecule has 0 amide bonds. The summed E-state index contributed by atoms with van der Waals surface area (Å²) in [4.78, 5) is 0. The highest BCUT2D eigenvalue weighted by Gasteiger charge is 2.10. The second-order valence-corrected chi connectivity index (χ2v) is 5.59. The van der Waals surface area contributed by atoms with E-state index in [1.165, 1.54) is 18.4 Å². The summed E-state index contributed by atoms with van der Waals surface area (Å²) in [5, 5.41) is 3.48. The summed E-state index contributed by atoms with van der Waals surface area (Å²) >= 11 is 0. The molecule has 23 heavy (non-hydrogen) atoms. The molecule has 0 aliphatic rings. The van der Waals surface area contributed by atoms with Crippen molar-refractivity contribution in [3.63, 3.8) is 0 Å². The number of methoxy groups -OCH3 is 1. The molecule has 1 N–H and O–H groups in total. The van der Waals surface area contributed by atoms with Crippen LogP contribution in [0.25, 0.3) is 0 Å². The third-order valence-corrected chi connectivity index (χ3v) is 3.76. The van der Waals surface area contributed by atoms with E-state index in [-0.39, 0.29) is 0 Å². The van der Waals surface area contributed by atoms with Gasteiger partial charge in [0.2, 0.25) is 0 Å². The van der Waals surface area contributed by atoms with Crippen LogP contribution in [0.1, 0.15) is 37.3 Å². The molecule has 0 atom stereocenters. The van der Waals surface area contributed by atoms with Crippen LogP contribution in [-0.2, 0) is 13.1 Å².